The number of aromatic nitrogens is 1. The van der Waals surface area contributed by atoms with Gasteiger partial charge in [-0.2, -0.15) is 4.31 Å². The summed E-state index contributed by atoms with van der Waals surface area (Å²) in [5.41, 5.74) is 0.650. The monoisotopic (exact) mass is 444 g/mol. The number of carbonyl (C=O) groups excluding carboxylic acids is 1. The van der Waals surface area contributed by atoms with E-state index < -0.39 is 26.6 Å². The van der Waals surface area contributed by atoms with Crippen molar-refractivity contribution in [1.29, 1.82) is 0 Å². The van der Waals surface area contributed by atoms with Gasteiger partial charge in [0.25, 0.3) is 5.69 Å². The summed E-state index contributed by atoms with van der Waals surface area (Å²) in [5.74, 6) is -0.263. The molecule has 0 bridgehead atoms. The first-order valence-corrected chi connectivity index (χ1v) is 11.7. The van der Waals surface area contributed by atoms with Gasteiger partial charge >= 0.3 is 0 Å². The molecule has 2 fully saturated rings. The zero-order valence-electron chi connectivity index (χ0n) is 17.0. The Morgan fingerprint density at radius 3 is 2.65 bits per heavy atom. The molecule has 2 saturated heterocycles. The molecule has 1 aromatic carbocycles. The smallest absolute Gasteiger partial charge is 0.289 e. The first-order valence-electron chi connectivity index (χ1n) is 10.3. The fourth-order valence-electron chi connectivity index (χ4n) is 4.44. The Morgan fingerprint density at radius 1 is 1.10 bits per heavy atom. The van der Waals surface area contributed by atoms with Gasteiger partial charge in [-0.25, -0.2) is 8.42 Å². The van der Waals surface area contributed by atoms with Crippen LogP contribution in [0.4, 0.5) is 5.69 Å². The summed E-state index contributed by atoms with van der Waals surface area (Å²) in [6.07, 6.45) is 5.53. The van der Waals surface area contributed by atoms with Crippen LogP contribution in [-0.2, 0) is 14.8 Å². The molecule has 0 aliphatic carbocycles. The fourth-order valence-corrected chi connectivity index (χ4v) is 6.12. The number of nitro groups is 1. The molecule has 0 saturated carbocycles. The number of likely N-dealkylation sites (tertiary alicyclic amines) is 1. The van der Waals surface area contributed by atoms with E-state index >= 15 is 0 Å². The molecule has 164 valence electrons. The van der Waals surface area contributed by atoms with E-state index in [9.17, 15) is 23.3 Å². The van der Waals surface area contributed by atoms with Crippen LogP contribution < -0.4 is 0 Å². The second-order valence-corrected chi connectivity index (χ2v) is 9.89. The quantitative estimate of drug-likeness (QED) is 0.517. The predicted octanol–water partition coefficient (Wildman–Crippen LogP) is 2.41. The number of piperidine rings is 1. The molecule has 1 aromatic heterocycles. The van der Waals surface area contributed by atoms with Gasteiger partial charge in [-0.15, -0.1) is 0 Å². The third kappa shape index (κ3) is 4.31. The summed E-state index contributed by atoms with van der Waals surface area (Å²) in [7, 11) is -4.07. The number of hydrogen-bond donors (Lipinski definition) is 0. The Hall–Kier alpha value is -2.85. The lowest BCUT2D eigenvalue weighted by molar-refractivity contribution is -0.387. The molecule has 1 unspecified atom stereocenters. The largest absolute Gasteiger partial charge is 0.342 e. The number of pyridine rings is 1. The highest BCUT2D eigenvalue weighted by Crippen LogP contribution is 2.32. The summed E-state index contributed by atoms with van der Waals surface area (Å²) in [5, 5.41) is 11.3. The minimum atomic E-state index is -4.07. The number of carbonyl (C=O) groups is 1. The van der Waals surface area contributed by atoms with Gasteiger partial charge in [0.15, 0.2) is 4.90 Å². The molecule has 2 aromatic rings. The average Bonchev–Trinajstić information content (AvgIpc) is 3.29. The molecular formula is C21H24N4O5S. The number of nitro benzene ring substituents is 1. The third-order valence-corrected chi connectivity index (χ3v) is 7.98. The van der Waals surface area contributed by atoms with Gasteiger partial charge < -0.3 is 4.90 Å². The molecule has 2 aliphatic rings. The van der Waals surface area contributed by atoms with Crippen molar-refractivity contribution in [3.05, 3.63) is 64.5 Å². The molecule has 9 nitrogen and oxygen atoms in total. The number of benzene rings is 1. The van der Waals surface area contributed by atoms with Crippen LogP contribution in [0.5, 0.6) is 0 Å². The van der Waals surface area contributed by atoms with Crippen molar-refractivity contribution in [3.63, 3.8) is 0 Å². The maximum absolute atomic E-state index is 13.1. The minimum absolute atomic E-state index is 0.0429. The van der Waals surface area contributed by atoms with E-state index in [2.05, 4.69) is 4.98 Å². The first kappa shape index (κ1) is 21.4. The molecule has 31 heavy (non-hydrogen) atoms. The molecule has 2 atom stereocenters. The summed E-state index contributed by atoms with van der Waals surface area (Å²) in [6, 6.07) is 9.22. The van der Waals surface area contributed by atoms with Gasteiger partial charge in [0.2, 0.25) is 15.9 Å². The number of rotatable bonds is 5. The van der Waals surface area contributed by atoms with Gasteiger partial charge in [0.05, 0.1) is 10.8 Å². The molecule has 4 rings (SSSR count). The van der Waals surface area contributed by atoms with Gasteiger partial charge in [-0.05, 0) is 37.0 Å². The highest BCUT2D eigenvalue weighted by molar-refractivity contribution is 7.89. The van der Waals surface area contributed by atoms with Gasteiger partial charge in [0, 0.05) is 50.6 Å². The van der Waals surface area contributed by atoms with E-state index in [1.807, 2.05) is 23.2 Å². The topological polar surface area (TPSA) is 114 Å². The number of hydrogen-bond acceptors (Lipinski definition) is 6. The zero-order chi connectivity index (χ0) is 22.0. The number of amides is 1. The molecule has 0 radical (unpaired) electrons. The maximum Gasteiger partial charge on any atom is 0.289 e. The normalized spacial score (nSPS) is 22.4. The summed E-state index contributed by atoms with van der Waals surface area (Å²) < 4.78 is 27.5. The SMILES string of the molecule is O=C([C@@H]1CCCN(S(=O)(=O)c2ccccc2[N+](=O)[O-])C1)N1CCC(c2cccnc2)C1. The number of para-hydroxylation sites is 1. The van der Waals surface area contributed by atoms with Crippen molar-refractivity contribution in [2.24, 2.45) is 5.92 Å². The van der Waals surface area contributed by atoms with Crippen LogP contribution in [0.15, 0.2) is 53.7 Å². The van der Waals surface area contributed by atoms with Crippen LogP contribution in [0.2, 0.25) is 0 Å². The lowest BCUT2D eigenvalue weighted by atomic mass is 9.98. The lowest BCUT2D eigenvalue weighted by Crippen LogP contribution is -2.46. The van der Waals surface area contributed by atoms with E-state index in [1.165, 1.54) is 28.6 Å². The van der Waals surface area contributed by atoms with Crippen molar-refractivity contribution in [1.82, 2.24) is 14.2 Å². The van der Waals surface area contributed by atoms with Crippen LogP contribution in [0.3, 0.4) is 0 Å². The second-order valence-electron chi connectivity index (χ2n) is 7.98. The standard InChI is InChI=1S/C21H24N4O5S/c26-21(23-12-9-17(14-23)16-5-3-10-22-13-16)18-6-4-11-24(15-18)31(29,30)20-8-2-1-7-19(20)25(27)28/h1-3,5,7-8,10,13,17-18H,4,6,9,11-12,14-15H2/t17?,18-/m1/s1. The van der Waals surface area contributed by atoms with E-state index in [1.54, 1.807) is 6.20 Å². The molecule has 2 aliphatic heterocycles. The Labute approximate surface area is 180 Å². The Kier molecular flexibility index (Phi) is 6.01. The van der Waals surface area contributed by atoms with Gasteiger partial charge in [0.1, 0.15) is 0 Å². The van der Waals surface area contributed by atoms with E-state index in [4.69, 9.17) is 0 Å². The van der Waals surface area contributed by atoms with Crippen molar-refractivity contribution in [2.45, 2.75) is 30.1 Å². The van der Waals surface area contributed by atoms with Gasteiger partial charge in [-0.1, -0.05) is 18.2 Å². The average molecular weight is 445 g/mol. The van der Waals surface area contributed by atoms with Crippen molar-refractivity contribution in [3.8, 4) is 0 Å². The summed E-state index contributed by atoms with van der Waals surface area (Å²) in [6.45, 7) is 1.52. The highest BCUT2D eigenvalue weighted by atomic mass is 32.2. The molecule has 3 heterocycles. The second kappa shape index (κ2) is 8.72. The summed E-state index contributed by atoms with van der Waals surface area (Å²) in [4.78, 5) is 29.4. The van der Waals surface area contributed by atoms with Crippen LogP contribution in [0, 0.1) is 16.0 Å². The molecular weight excluding hydrogens is 420 g/mol. The molecule has 0 N–H and O–H groups in total. The van der Waals surface area contributed by atoms with E-state index in [0.29, 0.717) is 25.9 Å². The Balaban J connectivity index is 1.48. The highest BCUT2D eigenvalue weighted by Gasteiger charge is 2.39. The lowest BCUT2D eigenvalue weighted by Gasteiger charge is -2.33. The van der Waals surface area contributed by atoms with Crippen molar-refractivity contribution >= 4 is 21.6 Å². The predicted molar refractivity (Wildman–Crippen MR) is 113 cm³/mol. The van der Waals surface area contributed by atoms with Crippen LogP contribution in [-0.4, -0.2) is 59.6 Å². The Bertz CT molecular complexity index is 1080. The molecule has 10 heteroatoms. The molecule has 0 spiro atoms. The van der Waals surface area contributed by atoms with Crippen LogP contribution in [0.1, 0.15) is 30.7 Å². The maximum atomic E-state index is 13.1. The number of sulfonamides is 1. The van der Waals surface area contributed by atoms with Crippen molar-refractivity contribution < 1.29 is 18.1 Å². The van der Waals surface area contributed by atoms with Crippen LogP contribution in [0.25, 0.3) is 0 Å². The number of nitrogens with zero attached hydrogens (tertiary/aromatic N) is 4. The van der Waals surface area contributed by atoms with Crippen LogP contribution >= 0.6 is 0 Å². The molecule has 1 amide bonds. The van der Waals surface area contributed by atoms with E-state index in [-0.39, 0.29) is 29.8 Å². The Morgan fingerprint density at radius 2 is 1.90 bits per heavy atom. The summed E-state index contributed by atoms with van der Waals surface area (Å²) >= 11 is 0. The minimum Gasteiger partial charge on any atom is -0.342 e. The first-order chi connectivity index (χ1) is 14.9. The zero-order valence-corrected chi connectivity index (χ0v) is 17.8. The fraction of sp³-hybridized carbons (Fsp3) is 0.429. The third-order valence-electron chi connectivity index (χ3n) is 6.07. The van der Waals surface area contributed by atoms with E-state index in [0.717, 1.165) is 12.0 Å². The van der Waals surface area contributed by atoms with Gasteiger partial charge in [-0.3, -0.25) is 19.9 Å². The van der Waals surface area contributed by atoms with Crippen molar-refractivity contribution in [2.75, 3.05) is 26.2 Å².